The number of halogens is 3. The van der Waals surface area contributed by atoms with Gasteiger partial charge in [0, 0.05) is 12.2 Å². The molecule has 0 atom stereocenters. The minimum absolute atomic E-state index is 0.0830. The SMILES string of the molecule is CCN(Cc1nc2ccccc2c(=O)[nH]1)C(=O)CNc1cccc(C(F)(F)F)c1. The van der Waals surface area contributed by atoms with Crippen molar-refractivity contribution in [1.82, 2.24) is 14.9 Å². The van der Waals surface area contributed by atoms with Crippen molar-refractivity contribution in [3.63, 3.8) is 0 Å². The van der Waals surface area contributed by atoms with Gasteiger partial charge in [-0.2, -0.15) is 13.2 Å². The van der Waals surface area contributed by atoms with Crippen LogP contribution in [0.4, 0.5) is 18.9 Å². The molecule has 0 aliphatic heterocycles. The maximum Gasteiger partial charge on any atom is 0.416 e. The molecular formula is C20H19F3N4O2. The van der Waals surface area contributed by atoms with Gasteiger partial charge < -0.3 is 15.2 Å². The van der Waals surface area contributed by atoms with Crippen LogP contribution >= 0.6 is 0 Å². The maximum atomic E-state index is 12.8. The minimum Gasteiger partial charge on any atom is -0.376 e. The van der Waals surface area contributed by atoms with Gasteiger partial charge in [-0.15, -0.1) is 0 Å². The number of fused-ring (bicyclic) bond motifs is 1. The predicted molar refractivity (Wildman–Crippen MR) is 103 cm³/mol. The molecule has 6 nitrogen and oxygen atoms in total. The summed E-state index contributed by atoms with van der Waals surface area (Å²) in [7, 11) is 0. The molecule has 0 fully saturated rings. The van der Waals surface area contributed by atoms with Crippen LogP contribution in [0.25, 0.3) is 10.9 Å². The molecule has 0 aliphatic carbocycles. The zero-order chi connectivity index (χ0) is 21.0. The number of alkyl halides is 3. The number of para-hydroxylation sites is 1. The third-order valence-electron chi connectivity index (χ3n) is 4.37. The van der Waals surface area contributed by atoms with E-state index in [0.717, 1.165) is 12.1 Å². The molecule has 0 spiro atoms. The Kier molecular flexibility index (Phi) is 5.86. The lowest BCUT2D eigenvalue weighted by molar-refractivity contribution is -0.137. The van der Waals surface area contributed by atoms with Crippen LogP contribution < -0.4 is 10.9 Å². The van der Waals surface area contributed by atoms with Crippen LogP contribution in [-0.4, -0.2) is 33.9 Å². The molecule has 3 rings (SSSR count). The van der Waals surface area contributed by atoms with Crippen LogP contribution in [0.5, 0.6) is 0 Å². The van der Waals surface area contributed by atoms with E-state index in [1.54, 1.807) is 31.2 Å². The van der Waals surface area contributed by atoms with E-state index in [2.05, 4.69) is 15.3 Å². The van der Waals surface area contributed by atoms with E-state index in [1.807, 2.05) is 0 Å². The average molecular weight is 404 g/mol. The number of amides is 1. The lowest BCUT2D eigenvalue weighted by Gasteiger charge is -2.21. The van der Waals surface area contributed by atoms with E-state index < -0.39 is 11.7 Å². The molecule has 3 aromatic rings. The van der Waals surface area contributed by atoms with E-state index in [0.29, 0.717) is 23.3 Å². The van der Waals surface area contributed by atoms with Crippen molar-refractivity contribution in [1.29, 1.82) is 0 Å². The molecule has 1 amide bonds. The maximum absolute atomic E-state index is 12.8. The Morgan fingerprint density at radius 2 is 1.93 bits per heavy atom. The Morgan fingerprint density at radius 3 is 2.66 bits per heavy atom. The number of aromatic amines is 1. The van der Waals surface area contributed by atoms with Gasteiger partial charge >= 0.3 is 6.18 Å². The Morgan fingerprint density at radius 1 is 1.17 bits per heavy atom. The van der Waals surface area contributed by atoms with Crippen LogP contribution in [0.3, 0.4) is 0 Å². The molecule has 0 unspecified atom stereocenters. The first-order valence-electron chi connectivity index (χ1n) is 8.94. The molecule has 29 heavy (non-hydrogen) atoms. The first-order valence-corrected chi connectivity index (χ1v) is 8.94. The molecule has 0 radical (unpaired) electrons. The summed E-state index contributed by atoms with van der Waals surface area (Å²) < 4.78 is 38.4. The zero-order valence-corrected chi connectivity index (χ0v) is 15.6. The van der Waals surface area contributed by atoms with Gasteiger partial charge in [-0.3, -0.25) is 9.59 Å². The van der Waals surface area contributed by atoms with Gasteiger partial charge in [-0.25, -0.2) is 4.98 Å². The third-order valence-corrected chi connectivity index (χ3v) is 4.37. The van der Waals surface area contributed by atoms with Crippen LogP contribution in [0, 0.1) is 0 Å². The summed E-state index contributed by atoms with van der Waals surface area (Å²) in [6.45, 7) is 2.01. The molecule has 1 heterocycles. The number of benzene rings is 2. The van der Waals surface area contributed by atoms with Crippen molar-refractivity contribution in [2.45, 2.75) is 19.6 Å². The van der Waals surface area contributed by atoms with Crippen LogP contribution in [0.2, 0.25) is 0 Å². The van der Waals surface area contributed by atoms with Crippen molar-refractivity contribution < 1.29 is 18.0 Å². The Labute approximate surface area is 164 Å². The summed E-state index contributed by atoms with van der Waals surface area (Å²) in [5, 5.41) is 3.17. The number of aromatic nitrogens is 2. The Hall–Kier alpha value is -3.36. The molecule has 2 N–H and O–H groups in total. The highest BCUT2D eigenvalue weighted by Gasteiger charge is 2.30. The van der Waals surface area contributed by atoms with Gasteiger partial charge in [0.1, 0.15) is 5.82 Å². The first-order chi connectivity index (χ1) is 13.8. The number of hydrogen-bond donors (Lipinski definition) is 2. The molecule has 0 bridgehead atoms. The summed E-state index contributed by atoms with van der Waals surface area (Å²) in [5.41, 5.74) is -0.366. The number of carbonyl (C=O) groups excluding carboxylic acids is 1. The lowest BCUT2D eigenvalue weighted by Crippen LogP contribution is -2.36. The molecule has 152 valence electrons. The van der Waals surface area contributed by atoms with Crippen LogP contribution in [0.15, 0.2) is 53.3 Å². The van der Waals surface area contributed by atoms with Crippen LogP contribution in [0.1, 0.15) is 18.3 Å². The van der Waals surface area contributed by atoms with E-state index in [-0.39, 0.29) is 30.2 Å². The van der Waals surface area contributed by atoms with Crippen LogP contribution in [-0.2, 0) is 17.5 Å². The van der Waals surface area contributed by atoms with Gasteiger partial charge in [0.2, 0.25) is 5.91 Å². The van der Waals surface area contributed by atoms with Crippen molar-refractivity contribution in [3.8, 4) is 0 Å². The number of anilines is 1. The highest BCUT2D eigenvalue weighted by atomic mass is 19.4. The highest BCUT2D eigenvalue weighted by Crippen LogP contribution is 2.30. The van der Waals surface area contributed by atoms with Crippen molar-refractivity contribution >= 4 is 22.5 Å². The molecule has 0 aliphatic rings. The molecule has 9 heteroatoms. The van der Waals surface area contributed by atoms with Gasteiger partial charge in [-0.1, -0.05) is 18.2 Å². The van der Waals surface area contributed by atoms with Crippen molar-refractivity contribution in [2.75, 3.05) is 18.4 Å². The van der Waals surface area contributed by atoms with Gasteiger partial charge in [0.15, 0.2) is 0 Å². The monoisotopic (exact) mass is 404 g/mol. The second-order valence-electron chi connectivity index (χ2n) is 6.37. The van der Waals surface area contributed by atoms with E-state index >= 15 is 0 Å². The molecule has 1 aromatic heterocycles. The number of likely N-dealkylation sites (N-methyl/N-ethyl adjacent to an activating group) is 1. The molecule has 2 aromatic carbocycles. The summed E-state index contributed by atoms with van der Waals surface area (Å²) >= 11 is 0. The summed E-state index contributed by atoms with van der Waals surface area (Å²) in [4.78, 5) is 33.1. The van der Waals surface area contributed by atoms with E-state index in [1.165, 1.54) is 17.0 Å². The number of nitrogens with zero attached hydrogens (tertiary/aromatic N) is 2. The molecule has 0 saturated heterocycles. The minimum atomic E-state index is -4.45. The Balaban J connectivity index is 1.69. The fraction of sp³-hybridized carbons (Fsp3) is 0.250. The van der Waals surface area contributed by atoms with Gasteiger partial charge in [0.05, 0.1) is 29.6 Å². The molecule has 0 saturated carbocycles. The summed E-state index contributed by atoms with van der Waals surface area (Å²) in [6, 6.07) is 11.5. The van der Waals surface area contributed by atoms with Crippen molar-refractivity contribution in [2.24, 2.45) is 0 Å². The smallest absolute Gasteiger partial charge is 0.376 e. The summed E-state index contributed by atoms with van der Waals surface area (Å²) in [6.07, 6.45) is -4.45. The third kappa shape index (κ3) is 4.92. The van der Waals surface area contributed by atoms with Gasteiger partial charge in [0.25, 0.3) is 5.56 Å². The number of carbonyl (C=O) groups is 1. The number of hydrogen-bond acceptors (Lipinski definition) is 4. The largest absolute Gasteiger partial charge is 0.416 e. The summed E-state index contributed by atoms with van der Waals surface area (Å²) in [5.74, 6) is 0.00341. The average Bonchev–Trinajstić information content (AvgIpc) is 2.70. The lowest BCUT2D eigenvalue weighted by atomic mass is 10.2. The van der Waals surface area contributed by atoms with E-state index in [9.17, 15) is 22.8 Å². The second-order valence-corrected chi connectivity index (χ2v) is 6.37. The number of H-pyrrole nitrogens is 1. The van der Waals surface area contributed by atoms with Crippen molar-refractivity contribution in [3.05, 3.63) is 70.3 Å². The molecular weight excluding hydrogens is 385 g/mol. The topological polar surface area (TPSA) is 78.1 Å². The standard InChI is InChI=1S/C20H19F3N4O2/c1-2-27(12-17-25-16-9-4-3-8-15(16)19(29)26-17)18(28)11-24-14-7-5-6-13(10-14)20(21,22)23/h3-10,24H,2,11-12H2,1H3,(H,25,26,29). The van der Waals surface area contributed by atoms with E-state index in [4.69, 9.17) is 0 Å². The first kappa shape index (κ1) is 20.4. The zero-order valence-electron chi connectivity index (χ0n) is 15.6. The number of nitrogens with one attached hydrogen (secondary N) is 2. The van der Waals surface area contributed by atoms with Gasteiger partial charge in [-0.05, 0) is 37.3 Å². The fourth-order valence-corrected chi connectivity index (χ4v) is 2.86. The Bertz CT molecular complexity index is 1080. The normalized spacial score (nSPS) is 11.4. The second kappa shape index (κ2) is 8.34. The highest BCUT2D eigenvalue weighted by molar-refractivity contribution is 5.81. The quantitative estimate of drug-likeness (QED) is 0.660. The fourth-order valence-electron chi connectivity index (χ4n) is 2.86. The number of rotatable bonds is 6. The predicted octanol–water partition coefficient (Wildman–Crippen LogP) is 3.40.